The van der Waals surface area contributed by atoms with E-state index in [1.807, 2.05) is 12.3 Å². The lowest BCUT2D eigenvalue weighted by molar-refractivity contribution is -0.130. The highest BCUT2D eigenvalue weighted by molar-refractivity contribution is 6.31. The van der Waals surface area contributed by atoms with Crippen LogP contribution in [0, 0.1) is 5.92 Å². The molecule has 5 nitrogen and oxygen atoms in total. The molecule has 150 valence electrons. The molecular weight excluding hydrogens is 376 g/mol. The molecular formula is C25H22N2O3. The Labute approximate surface area is 174 Å². The van der Waals surface area contributed by atoms with Crippen LogP contribution in [0.2, 0.25) is 0 Å². The Morgan fingerprint density at radius 1 is 1.10 bits per heavy atom. The van der Waals surface area contributed by atoms with Crippen molar-refractivity contribution in [2.45, 2.75) is 37.8 Å². The number of nitrogens with zero attached hydrogens (tertiary/aromatic N) is 1. The zero-order valence-electron chi connectivity index (χ0n) is 16.8. The zero-order chi connectivity index (χ0) is 20.8. The number of hydrogen-bond donors (Lipinski definition) is 2. The number of fused-ring (bicyclic) bond motifs is 4. The lowest BCUT2D eigenvalue weighted by Gasteiger charge is -2.37. The highest BCUT2D eigenvalue weighted by Crippen LogP contribution is 2.57. The predicted molar refractivity (Wildman–Crippen MR) is 114 cm³/mol. The van der Waals surface area contributed by atoms with Gasteiger partial charge in [0, 0.05) is 34.1 Å². The number of amides is 1. The summed E-state index contributed by atoms with van der Waals surface area (Å²) >= 11 is 0. The van der Waals surface area contributed by atoms with Crippen molar-refractivity contribution >= 4 is 28.4 Å². The van der Waals surface area contributed by atoms with Crippen LogP contribution in [-0.4, -0.2) is 38.3 Å². The Kier molecular flexibility index (Phi) is 3.28. The van der Waals surface area contributed by atoms with Crippen LogP contribution in [0.1, 0.15) is 36.5 Å². The van der Waals surface area contributed by atoms with E-state index in [9.17, 15) is 14.7 Å². The van der Waals surface area contributed by atoms with Crippen molar-refractivity contribution in [3.05, 3.63) is 77.0 Å². The summed E-state index contributed by atoms with van der Waals surface area (Å²) in [5.41, 5.74) is 3.35. The summed E-state index contributed by atoms with van der Waals surface area (Å²) in [6, 6.07) is 14.5. The van der Waals surface area contributed by atoms with Gasteiger partial charge in [-0.05, 0) is 43.4 Å². The Morgan fingerprint density at radius 3 is 2.63 bits per heavy atom. The maximum atomic E-state index is 13.6. The van der Waals surface area contributed by atoms with Gasteiger partial charge in [-0.1, -0.05) is 42.5 Å². The van der Waals surface area contributed by atoms with Crippen molar-refractivity contribution in [1.82, 2.24) is 9.88 Å². The maximum Gasteiger partial charge on any atom is 0.262 e. The molecule has 5 heteroatoms. The van der Waals surface area contributed by atoms with Crippen LogP contribution in [0.4, 0.5) is 0 Å². The van der Waals surface area contributed by atoms with E-state index in [1.54, 1.807) is 29.2 Å². The van der Waals surface area contributed by atoms with Gasteiger partial charge < -0.3 is 15.0 Å². The lowest BCUT2D eigenvalue weighted by atomic mass is 9.69. The van der Waals surface area contributed by atoms with Crippen molar-refractivity contribution in [3.63, 3.8) is 0 Å². The Morgan fingerprint density at radius 2 is 1.87 bits per heavy atom. The normalized spacial score (nSPS) is 28.1. The zero-order valence-corrected chi connectivity index (χ0v) is 16.8. The van der Waals surface area contributed by atoms with Gasteiger partial charge in [-0.2, -0.15) is 0 Å². The van der Waals surface area contributed by atoms with E-state index in [0.29, 0.717) is 5.56 Å². The fourth-order valence-electron chi connectivity index (χ4n) is 6.08. The molecule has 1 aliphatic carbocycles. The average Bonchev–Trinajstić information content (AvgIpc) is 3.35. The second kappa shape index (κ2) is 5.63. The monoisotopic (exact) mass is 398 g/mol. The second-order valence-corrected chi connectivity index (χ2v) is 9.15. The minimum atomic E-state index is -0.578. The number of carbonyl (C=O) groups is 2. The van der Waals surface area contributed by atoms with Gasteiger partial charge in [0.2, 0.25) is 0 Å². The van der Waals surface area contributed by atoms with Crippen LogP contribution in [-0.2, 0) is 16.0 Å². The van der Waals surface area contributed by atoms with Crippen molar-refractivity contribution in [3.8, 4) is 0 Å². The summed E-state index contributed by atoms with van der Waals surface area (Å²) in [5.74, 6) is -0.786. The third-order valence-electron chi connectivity index (χ3n) is 7.43. The van der Waals surface area contributed by atoms with Crippen molar-refractivity contribution in [1.29, 1.82) is 0 Å². The molecule has 3 aliphatic rings. The van der Waals surface area contributed by atoms with Gasteiger partial charge in [0.05, 0.1) is 0 Å². The van der Waals surface area contributed by atoms with Crippen molar-refractivity contribution in [2.24, 2.45) is 5.92 Å². The SMILES string of the molecule is CC1(C)[C@@H]2Cc3cccc4[nH]cc(c34)[C@@H]2[C@H]2C(=O)/C(=C(/O)c3ccccc3)C(=O)N21. The van der Waals surface area contributed by atoms with Crippen LogP contribution in [0.15, 0.2) is 60.3 Å². The first-order valence-electron chi connectivity index (χ1n) is 10.4. The number of aromatic amines is 1. The van der Waals surface area contributed by atoms with Crippen LogP contribution in [0.25, 0.3) is 16.7 Å². The number of hydrogen-bond acceptors (Lipinski definition) is 3. The standard InChI is InChI=1S/C25H22N2O3/c1-25(2)16-11-14-9-6-10-17-18(14)15(12-26-17)19(16)21-23(29)20(24(30)27(21)25)22(28)13-7-4-3-5-8-13/h3-10,12,16,19,21,26,28H,11H2,1-2H3/b22-20-/t16-,19+,21+/m1/s1. The number of aromatic nitrogens is 1. The number of carbonyl (C=O) groups excluding carboxylic acids is 2. The Balaban J connectivity index is 1.55. The summed E-state index contributed by atoms with van der Waals surface area (Å²) in [6.07, 6.45) is 2.83. The maximum absolute atomic E-state index is 13.6. The van der Waals surface area contributed by atoms with Gasteiger partial charge in [0.15, 0.2) is 5.78 Å². The smallest absolute Gasteiger partial charge is 0.262 e. The molecule has 3 heterocycles. The molecule has 2 saturated heterocycles. The topological polar surface area (TPSA) is 73.4 Å². The van der Waals surface area contributed by atoms with E-state index in [-0.39, 0.29) is 34.9 Å². The quantitative estimate of drug-likeness (QED) is 0.370. The summed E-state index contributed by atoms with van der Waals surface area (Å²) in [6.45, 7) is 4.10. The molecule has 3 aromatic rings. The van der Waals surface area contributed by atoms with Crippen LogP contribution < -0.4 is 0 Å². The van der Waals surface area contributed by atoms with Crippen LogP contribution >= 0.6 is 0 Å². The molecule has 2 N–H and O–H groups in total. The Hall–Kier alpha value is -3.34. The largest absolute Gasteiger partial charge is 0.506 e. The van der Waals surface area contributed by atoms with E-state index in [2.05, 4.69) is 37.0 Å². The van der Waals surface area contributed by atoms with E-state index >= 15 is 0 Å². The number of Topliss-reactive ketones (excluding diaryl/α,β-unsaturated/α-hetero) is 1. The number of aliphatic hydroxyl groups excluding tert-OH is 1. The number of benzene rings is 2. The minimum Gasteiger partial charge on any atom is -0.506 e. The molecule has 0 spiro atoms. The fourth-order valence-corrected chi connectivity index (χ4v) is 6.08. The molecule has 3 atom stereocenters. The molecule has 0 bridgehead atoms. The number of ketones is 1. The molecule has 0 radical (unpaired) electrons. The van der Waals surface area contributed by atoms with Crippen LogP contribution in [0.3, 0.4) is 0 Å². The van der Waals surface area contributed by atoms with Crippen LogP contribution in [0.5, 0.6) is 0 Å². The molecule has 2 aromatic carbocycles. The Bertz CT molecular complexity index is 1270. The molecule has 1 amide bonds. The summed E-state index contributed by atoms with van der Waals surface area (Å²) in [4.78, 5) is 32.2. The first-order chi connectivity index (χ1) is 14.4. The first-order valence-corrected chi connectivity index (χ1v) is 10.4. The van der Waals surface area contributed by atoms with Gasteiger partial charge in [0.1, 0.15) is 17.4 Å². The van der Waals surface area contributed by atoms with E-state index in [4.69, 9.17) is 0 Å². The predicted octanol–water partition coefficient (Wildman–Crippen LogP) is 3.97. The number of nitrogens with one attached hydrogen (secondary N) is 1. The summed E-state index contributed by atoms with van der Waals surface area (Å²) in [7, 11) is 0. The van der Waals surface area contributed by atoms with E-state index in [0.717, 1.165) is 17.5 Å². The molecule has 0 unspecified atom stereocenters. The van der Waals surface area contributed by atoms with Gasteiger partial charge in [-0.15, -0.1) is 0 Å². The van der Waals surface area contributed by atoms with Gasteiger partial charge in [-0.3, -0.25) is 9.59 Å². The molecule has 2 aliphatic heterocycles. The third kappa shape index (κ3) is 1.97. The number of H-pyrrole nitrogens is 1. The summed E-state index contributed by atoms with van der Waals surface area (Å²) in [5, 5.41) is 12.0. The highest BCUT2D eigenvalue weighted by Gasteiger charge is 2.64. The van der Waals surface area contributed by atoms with Crippen molar-refractivity contribution < 1.29 is 14.7 Å². The van der Waals surface area contributed by atoms with Gasteiger partial charge in [0.25, 0.3) is 5.91 Å². The van der Waals surface area contributed by atoms with Gasteiger partial charge >= 0.3 is 0 Å². The van der Waals surface area contributed by atoms with E-state index < -0.39 is 11.6 Å². The molecule has 2 fully saturated rings. The van der Waals surface area contributed by atoms with E-state index in [1.165, 1.54) is 10.9 Å². The third-order valence-corrected chi connectivity index (χ3v) is 7.43. The second-order valence-electron chi connectivity index (χ2n) is 9.15. The fraction of sp³-hybridized carbons (Fsp3) is 0.280. The molecule has 1 aromatic heterocycles. The van der Waals surface area contributed by atoms with Crippen molar-refractivity contribution in [2.75, 3.05) is 0 Å². The molecule has 6 rings (SSSR count). The minimum absolute atomic E-state index is 0.0802. The molecule has 30 heavy (non-hydrogen) atoms. The molecule has 0 saturated carbocycles. The first kappa shape index (κ1) is 17.5. The number of aliphatic hydroxyl groups is 1. The lowest BCUT2D eigenvalue weighted by Crippen LogP contribution is -2.46. The number of rotatable bonds is 1. The van der Waals surface area contributed by atoms with Gasteiger partial charge in [-0.25, -0.2) is 0 Å². The average molecular weight is 398 g/mol. The summed E-state index contributed by atoms with van der Waals surface area (Å²) < 4.78 is 0. The highest BCUT2D eigenvalue weighted by atomic mass is 16.3.